The molecule has 0 bridgehead atoms. The zero-order chi connectivity index (χ0) is 41.0. The fourth-order valence-corrected chi connectivity index (χ4v) is 10.9. The van der Waals surface area contributed by atoms with Crippen molar-refractivity contribution in [2.45, 2.75) is 157 Å². The van der Waals surface area contributed by atoms with Gasteiger partial charge < -0.3 is 24.4 Å². The number of hydrogen-bond donors (Lipinski definition) is 2. The molecule has 3 aliphatic heterocycles. The van der Waals surface area contributed by atoms with Crippen molar-refractivity contribution in [1.82, 2.24) is 19.9 Å². The summed E-state index contributed by atoms with van der Waals surface area (Å²) >= 11 is 0. The van der Waals surface area contributed by atoms with Gasteiger partial charge in [0.05, 0.1) is 36.0 Å². The maximum atomic E-state index is 15.0. The number of hydrogen-bond acceptors (Lipinski definition) is 10. The highest BCUT2D eigenvalue weighted by molar-refractivity contribution is 7.91. The van der Waals surface area contributed by atoms with Crippen LogP contribution in [0.3, 0.4) is 0 Å². The number of ether oxygens (including phenoxy) is 3. The summed E-state index contributed by atoms with van der Waals surface area (Å²) in [5, 5.41) is 3.92. The quantitative estimate of drug-likeness (QED) is 0.241. The van der Waals surface area contributed by atoms with Crippen LogP contribution >= 0.6 is 0 Å². The maximum absolute atomic E-state index is 15.0. The Morgan fingerprint density at radius 1 is 1.05 bits per heavy atom. The number of esters is 1. The monoisotopic (exact) mass is 818 g/mol. The molecule has 2 aromatic rings. The number of sulfonamides is 1. The standard InChI is InChI=1S/C44H58N4O9S/c1-27(2)37-38-32(33-23-31(55-4)16-17-34(33)45-37)18-19-43(57-38)25-35-39(50)46-44(41(52)47-58(53,54)42(3)20-21-42)24-29(44)13-9-7-5-6-8-12-28(40(51)48(35)26-43)22-36(49)56-30-14-10-11-15-30/h9,13,16-17,23,27-30,35H,5-8,10-12,14-15,18-22,24-26H2,1-4H3,(H,46,50)(H,47,52)/b13-9-/t28-,29-,35+,43-,44-/m1/s1. The van der Waals surface area contributed by atoms with Crippen LogP contribution in [0.4, 0.5) is 0 Å². The second kappa shape index (κ2) is 15.4. The first-order valence-electron chi connectivity index (χ1n) is 21.4. The predicted octanol–water partition coefficient (Wildman–Crippen LogP) is 5.92. The molecule has 8 rings (SSSR count). The van der Waals surface area contributed by atoms with Gasteiger partial charge in [-0.15, -0.1) is 0 Å². The van der Waals surface area contributed by atoms with E-state index < -0.39 is 61.6 Å². The molecule has 2 N–H and O–H groups in total. The van der Waals surface area contributed by atoms with Gasteiger partial charge >= 0.3 is 5.97 Å². The second-order valence-corrected chi connectivity index (χ2v) is 20.5. The number of benzene rings is 1. The molecule has 5 atom stereocenters. The Morgan fingerprint density at radius 3 is 2.53 bits per heavy atom. The highest BCUT2D eigenvalue weighted by atomic mass is 32.2. The number of amides is 3. The largest absolute Gasteiger partial charge is 0.497 e. The number of nitrogens with zero attached hydrogens (tertiary/aromatic N) is 2. The van der Waals surface area contributed by atoms with E-state index in [2.05, 4.69) is 23.9 Å². The minimum absolute atomic E-state index is 0.00913. The number of methoxy groups -OCH3 is 1. The summed E-state index contributed by atoms with van der Waals surface area (Å²) in [4.78, 5) is 63.8. The van der Waals surface area contributed by atoms with Crippen LogP contribution in [-0.2, 0) is 40.4 Å². The Balaban J connectivity index is 1.14. The zero-order valence-electron chi connectivity index (χ0n) is 34.3. The van der Waals surface area contributed by atoms with Crippen molar-refractivity contribution in [2.75, 3.05) is 13.7 Å². The SMILES string of the molecule is COc1ccc2nc(C(C)C)c3c(c2c1)CC[C@]1(C[C@H]2C(=O)N[C@]4(C(=O)NS(=O)(=O)C5(C)CC5)C[C@H]4/C=C\CCCCC[C@H](CC(=O)OC4CCCC4)C(=O)N2C1)O3. The average molecular weight is 819 g/mol. The topological polar surface area (TPSA) is 170 Å². The third-order valence-electron chi connectivity index (χ3n) is 13.7. The summed E-state index contributed by atoms with van der Waals surface area (Å²) in [6.45, 7) is 5.83. The summed E-state index contributed by atoms with van der Waals surface area (Å²) in [5.41, 5.74) is 0.157. The minimum atomic E-state index is -3.98. The molecule has 3 amide bonds. The van der Waals surface area contributed by atoms with E-state index in [1.807, 2.05) is 30.4 Å². The van der Waals surface area contributed by atoms with E-state index in [1.54, 1.807) is 18.9 Å². The highest BCUT2D eigenvalue weighted by Crippen LogP contribution is 2.50. The summed E-state index contributed by atoms with van der Waals surface area (Å²) in [5.74, 6) is -1.79. The van der Waals surface area contributed by atoms with Crippen molar-refractivity contribution in [3.05, 3.63) is 41.6 Å². The zero-order valence-corrected chi connectivity index (χ0v) is 35.1. The van der Waals surface area contributed by atoms with Crippen molar-refractivity contribution in [3.63, 3.8) is 0 Å². The Kier molecular flexibility index (Phi) is 10.8. The third kappa shape index (κ3) is 7.70. The molecular weight excluding hydrogens is 761 g/mol. The number of fused-ring (bicyclic) bond motifs is 5. The first kappa shape index (κ1) is 40.6. The Bertz CT molecular complexity index is 2130. The van der Waals surface area contributed by atoms with Crippen molar-refractivity contribution >= 4 is 44.6 Å². The Morgan fingerprint density at radius 2 is 1.81 bits per heavy atom. The number of pyridine rings is 1. The molecule has 4 fully saturated rings. The van der Waals surface area contributed by atoms with Gasteiger partial charge in [-0.3, -0.25) is 23.9 Å². The molecule has 4 heterocycles. The van der Waals surface area contributed by atoms with E-state index >= 15 is 0 Å². The number of carbonyl (C=O) groups is 4. The molecule has 1 spiro atoms. The normalized spacial score (nSPS) is 30.3. The van der Waals surface area contributed by atoms with Crippen molar-refractivity contribution in [2.24, 2.45) is 11.8 Å². The Labute approximate surface area is 341 Å². The molecule has 14 heteroatoms. The molecule has 1 saturated heterocycles. The van der Waals surface area contributed by atoms with Crippen LogP contribution < -0.4 is 19.5 Å². The highest BCUT2D eigenvalue weighted by Gasteiger charge is 2.64. The summed E-state index contributed by atoms with van der Waals surface area (Å²) in [6.07, 6.45) is 13.3. The van der Waals surface area contributed by atoms with E-state index in [9.17, 15) is 27.6 Å². The molecule has 1 aromatic carbocycles. The van der Waals surface area contributed by atoms with Crippen LogP contribution in [0.2, 0.25) is 0 Å². The number of nitrogens with one attached hydrogen (secondary N) is 2. The van der Waals surface area contributed by atoms with Gasteiger partial charge in [0.25, 0.3) is 5.91 Å². The van der Waals surface area contributed by atoms with E-state index in [0.29, 0.717) is 50.0 Å². The van der Waals surface area contributed by atoms with Crippen LogP contribution in [0, 0.1) is 11.8 Å². The number of carbonyl (C=O) groups excluding carboxylic acids is 4. The van der Waals surface area contributed by atoms with E-state index in [4.69, 9.17) is 19.2 Å². The molecule has 58 heavy (non-hydrogen) atoms. The van der Waals surface area contributed by atoms with Crippen LogP contribution in [0.15, 0.2) is 30.4 Å². The van der Waals surface area contributed by atoms with Crippen LogP contribution in [-0.4, -0.2) is 83.7 Å². The van der Waals surface area contributed by atoms with Crippen LogP contribution in [0.25, 0.3) is 10.9 Å². The van der Waals surface area contributed by atoms with E-state index in [-0.39, 0.29) is 43.7 Å². The lowest BCUT2D eigenvalue weighted by Crippen LogP contribution is -2.57. The van der Waals surface area contributed by atoms with Crippen molar-refractivity contribution < 1.29 is 41.8 Å². The fraction of sp³-hybridized carbons (Fsp3) is 0.659. The van der Waals surface area contributed by atoms with Gasteiger partial charge in [0.2, 0.25) is 21.8 Å². The average Bonchev–Trinajstić information content (AvgIpc) is 3.99. The fourth-order valence-electron chi connectivity index (χ4n) is 9.63. The van der Waals surface area contributed by atoms with E-state index in [1.165, 1.54) is 0 Å². The number of aromatic nitrogens is 1. The van der Waals surface area contributed by atoms with Crippen LogP contribution in [0.1, 0.15) is 134 Å². The summed E-state index contributed by atoms with van der Waals surface area (Å²) in [6, 6.07) is 4.75. The molecule has 3 saturated carbocycles. The molecule has 3 aliphatic carbocycles. The summed E-state index contributed by atoms with van der Waals surface area (Å²) in [7, 11) is -2.36. The van der Waals surface area contributed by atoms with Crippen molar-refractivity contribution in [1.29, 1.82) is 0 Å². The van der Waals surface area contributed by atoms with Gasteiger partial charge in [-0.2, -0.15) is 0 Å². The first-order chi connectivity index (χ1) is 27.7. The molecule has 13 nitrogen and oxygen atoms in total. The van der Waals surface area contributed by atoms with Gasteiger partial charge in [-0.1, -0.05) is 38.8 Å². The van der Waals surface area contributed by atoms with Crippen LogP contribution in [0.5, 0.6) is 11.5 Å². The van der Waals surface area contributed by atoms with Gasteiger partial charge in [0.1, 0.15) is 34.8 Å². The molecule has 1 aromatic heterocycles. The number of rotatable bonds is 8. The maximum Gasteiger partial charge on any atom is 0.306 e. The van der Waals surface area contributed by atoms with Gasteiger partial charge in [0, 0.05) is 29.2 Å². The summed E-state index contributed by atoms with van der Waals surface area (Å²) < 4.78 is 46.4. The van der Waals surface area contributed by atoms with Crippen molar-refractivity contribution in [3.8, 4) is 11.5 Å². The predicted molar refractivity (Wildman–Crippen MR) is 217 cm³/mol. The third-order valence-corrected chi connectivity index (χ3v) is 15.9. The van der Waals surface area contributed by atoms with Gasteiger partial charge in [-0.05, 0) is 108 Å². The lowest BCUT2D eigenvalue weighted by atomic mass is 9.86. The van der Waals surface area contributed by atoms with Gasteiger partial charge in [-0.25, -0.2) is 13.4 Å². The molecular formula is C44H58N4O9S. The van der Waals surface area contributed by atoms with E-state index in [0.717, 1.165) is 67.1 Å². The smallest absolute Gasteiger partial charge is 0.306 e. The molecule has 0 unspecified atom stereocenters. The number of aryl methyl sites for hydroxylation is 1. The number of allylic oxidation sites excluding steroid dienone is 1. The minimum Gasteiger partial charge on any atom is -0.497 e. The molecule has 314 valence electrons. The first-order valence-corrected chi connectivity index (χ1v) is 22.9. The molecule has 6 aliphatic rings. The Hall–Kier alpha value is -4.20. The molecule has 0 radical (unpaired) electrons. The second-order valence-electron chi connectivity index (χ2n) is 18.3. The lowest BCUT2D eigenvalue weighted by Gasteiger charge is -2.37. The van der Waals surface area contributed by atoms with Gasteiger partial charge in [0.15, 0.2) is 0 Å². The lowest BCUT2D eigenvalue weighted by molar-refractivity contribution is -0.154.